The molecule has 2 aliphatic heterocycles. The maximum absolute atomic E-state index is 13.4. The van der Waals surface area contributed by atoms with Crippen LogP contribution in [0.15, 0.2) is 30.3 Å². The van der Waals surface area contributed by atoms with Gasteiger partial charge in [-0.1, -0.05) is 30.3 Å². The van der Waals surface area contributed by atoms with Crippen LogP contribution < -0.4 is 5.32 Å². The average Bonchev–Trinajstić information content (AvgIpc) is 3.51. The molecular weight excluding hydrogens is 411 g/mol. The van der Waals surface area contributed by atoms with Gasteiger partial charge >= 0.3 is 18.1 Å². The third-order valence-corrected chi connectivity index (χ3v) is 6.96. The molecular formula is C22H28F3N3O3. The van der Waals surface area contributed by atoms with Crippen LogP contribution in [0.4, 0.5) is 13.2 Å². The highest BCUT2D eigenvalue weighted by molar-refractivity contribution is 5.83. The summed E-state index contributed by atoms with van der Waals surface area (Å²) in [7, 11) is 1.35. The third-order valence-electron chi connectivity index (χ3n) is 6.96. The Hall–Kier alpha value is -2.13. The lowest BCUT2D eigenvalue weighted by Crippen LogP contribution is -2.71. The summed E-state index contributed by atoms with van der Waals surface area (Å²) in [5, 5.41) is 3.19. The highest BCUT2D eigenvalue weighted by Crippen LogP contribution is 2.47. The van der Waals surface area contributed by atoms with Crippen molar-refractivity contribution in [2.45, 2.75) is 55.4 Å². The number of alkyl halides is 3. The van der Waals surface area contributed by atoms with Crippen LogP contribution in [0, 0.1) is 0 Å². The maximum atomic E-state index is 13.4. The Bertz CT molecular complexity index is 805. The molecule has 1 aliphatic carbocycles. The molecule has 1 amide bonds. The van der Waals surface area contributed by atoms with Crippen molar-refractivity contribution in [2.24, 2.45) is 0 Å². The summed E-state index contributed by atoms with van der Waals surface area (Å²) in [6, 6.07) is 8.55. The Labute approximate surface area is 179 Å². The second-order valence-corrected chi connectivity index (χ2v) is 8.83. The number of hydrogen-bond acceptors (Lipinski definition) is 5. The van der Waals surface area contributed by atoms with Crippen molar-refractivity contribution in [3.8, 4) is 0 Å². The van der Waals surface area contributed by atoms with Gasteiger partial charge in [0.2, 0.25) is 0 Å². The number of benzene rings is 1. The summed E-state index contributed by atoms with van der Waals surface area (Å²) in [6.45, 7) is 2.40. The molecule has 170 valence electrons. The Morgan fingerprint density at radius 3 is 2.35 bits per heavy atom. The van der Waals surface area contributed by atoms with E-state index in [0.717, 1.165) is 10.5 Å². The maximum Gasteiger partial charge on any atom is 0.471 e. The Morgan fingerprint density at radius 2 is 1.84 bits per heavy atom. The topological polar surface area (TPSA) is 61.9 Å². The fourth-order valence-electron chi connectivity index (χ4n) is 5.11. The molecule has 0 radical (unpaired) electrons. The lowest BCUT2D eigenvalue weighted by molar-refractivity contribution is -0.190. The van der Waals surface area contributed by atoms with Gasteiger partial charge < -0.3 is 15.0 Å². The SMILES string of the molecule is COC(=O)CC1(N2CCC(N(C(=O)C(F)(F)F)[C@@H]3C[C@H]3c3ccccc3)CC2)CNC1. The van der Waals surface area contributed by atoms with Gasteiger partial charge in [0.1, 0.15) is 0 Å². The summed E-state index contributed by atoms with van der Waals surface area (Å²) in [5.41, 5.74) is 0.630. The Morgan fingerprint density at radius 1 is 1.19 bits per heavy atom. The summed E-state index contributed by atoms with van der Waals surface area (Å²) in [4.78, 5) is 27.5. The molecule has 0 unspecified atom stereocenters. The van der Waals surface area contributed by atoms with Crippen LogP contribution in [0.1, 0.15) is 37.2 Å². The van der Waals surface area contributed by atoms with Crippen molar-refractivity contribution in [3.05, 3.63) is 35.9 Å². The molecule has 1 aromatic rings. The Balaban J connectivity index is 1.45. The molecule has 4 rings (SSSR count). The number of likely N-dealkylation sites (tertiary alicyclic amines) is 1. The lowest BCUT2D eigenvalue weighted by atomic mass is 9.84. The molecule has 6 nitrogen and oxygen atoms in total. The van der Waals surface area contributed by atoms with Gasteiger partial charge in [-0.05, 0) is 24.8 Å². The minimum absolute atomic E-state index is 0.0490. The van der Waals surface area contributed by atoms with E-state index >= 15 is 0 Å². The first-order chi connectivity index (χ1) is 14.7. The largest absolute Gasteiger partial charge is 0.471 e. The smallest absolute Gasteiger partial charge is 0.469 e. The number of halogens is 3. The molecule has 2 atom stereocenters. The van der Waals surface area contributed by atoms with Crippen LogP contribution in [-0.2, 0) is 14.3 Å². The average molecular weight is 439 g/mol. The monoisotopic (exact) mass is 439 g/mol. The van der Waals surface area contributed by atoms with Gasteiger partial charge in [-0.2, -0.15) is 13.2 Å². The summed E-state index contributed by atoms with van der Waals surface area (Å²) >= 11 is 0. The van der Waals surface area contributed by atoms with E-state index in [1.165, 1.54) is 7.11 Å². The van der Waals surface area contributed by atoms with E-state index in [1.54, 1.807) is 0 Å². The number of hydrogen-bond donors (Lipinski definition) is 1. The number of carbonyl (C=O) groups excluding carboxylic acids is 2. The van der Waals surface area contributed by atoms with Crippen molar-refractivity contribution in [3.63, 3.8) is 0 Å². The van der Waals surface area contributed by atoms with Crippen LogP contribution in [0.25, 0.3) is 0 Å². The van der Waals surface area contributed by atoms with E-state index in [9.17, 15) is 22.8 Å². The molecule has 2 heterocycles. The first kappa shape index (κ1) is 22.1. The van der Waals surface area contributed by atoms with E-state index < -0.39 is 24.2 Å². The van der Waals surface area contributed by atoms with Crippen molar-refractivity contribution in [1.82, 2.24) is 15.1 Å². The van der Waals surface area contributed by atoms with Gasteiger partial charge in [-0.15, -0.1) is 0 Å². The molecule has 9 heteroatoms. The zero-order chi connectivity index (χ0) is 22.2. The number of methoxy groups -OCH3 is 1. The molecule has 31 heavy (non-hydrogen) atoms. The van der Waals surface area contributed by atoms with Crippen LogP contribution in [-0.4, -0.2) is 78.8 Å². The number of rotatable bonds is 6. The first-order valence-electron chi connectivity index (χ1n) is 10.7. The quantitative estimate of drug-likeness (QED) is 0.690. The normalized spacial score (nSPS) is 26.1. The number of nitrogens with zero attached hydrogens (tertiary/aromatic N) is 2. The highest BCUT2D eigenvalue weighted by Gasteiger charge is 2.55. The first-order valence-corrected chi connectivity index (χ1v) is 10.7. The van der Waals surface area contributed by atoms with Crippen LogP contribution in [0.2, 0.25) is 0 Å². The van der Waals surface area contributed by atoms with Crippen molar-refractivity contribution in [2.75, 3.05) is 33.3 Å². The summed E-state index contributed by atoms with van der Waals surface area (Å²) < 4.78 is 45.1. The number of nitrogens with one attached hydrogen (secondary N) is 1. The zero-order valence-electron chi connectivity index (χ0n) is 17.5. The summed E-state index contributed by atoms with van der Waals surface area (Å²) in [5.74, 6) is -2.07. The van der Waals surface area contributed by atoms with Crippen LogP contribution in [0.3, 0.4) is 0 Å². The number of ether oxygens (including phenoxy) is 1. The second kappa shape index (κ2) is 8.43. The second-order valence-electron chi connectivity index (χ2n) is 8.83. The van der Waals surface area contributed by atoms with Crippen molar-refractivity contribution < 1.29 is 27.5 Å². The minimum Gasteiger partial charge on any atom is -0.469 e. The molecule has 2 saturated heterocycles. The van der Waals surface area contributed by atoms with Crippen LogP contribution >= 0.6 is 0 Å². The van der Waals surface area contributed by atoms with E-state index in [1.807, 2.05) is 30.3 Å². The van der Waals surface area contributed by atoms with Gasteiger partial charge in [-0.3, -0.25) is 14.5 Å². The molecule has 3 fully saturated rings. The molecule has 0 spiro atoms. The van der Waals surface area contributed by atoms with E-state index in [0.29, 0.717) is 45.4 Å². The summed E-state index contributed by atoms with van der Waals surface area (Å²) in [6.07, 6.45) is -3.15. The van der Waals surface area contributed by atoms with E-state index in [-0.39, 0.29) is 23.8 Å². The third kappa shape index (κ3) is 4.43. The van der Waals surface area contributed by atoms with Crippen molar-refractivity contribution in [1.29, 1.82) is 0 Å². The van der Waals surface area contributed by atoms with Crippen LogP contribution in [0.5, 0.6) is 0 Å². The predicted molar refractivity (Wildman–Crippen MR) is 107 cm³/mol. The molecule has 0 aromatic heterocycles. The number of piperidine rings is 1. The highest BCUT2D eigenvalue weighted by atomic mass is 19.4. The van der Waals surface area contributed by atoms with Gasteiger partial charge in [-0.25, -0.2) is 0 Å². The molecule has 1 N–H and O–H groups in total. The van der Waals surface area contributed by atoms with Gasteiger partial charge in [0.15, 0.2) is 0 Å². The van der Waals surface area contributed by atoms with Gasteiger partial charge in [0, 0.05) is 44.2 Å². The van der Waals surface area contributed by atoms with Gasteiger partial charge in [0.05, 0.1) is 19.1 Å². The Kier molecular flexibility index (Phi) is 6.00. The lowest BCUT2D eigenvalue weighted by Gasteiger charge is -2.53. The number of carbonyl (C=O) groups is 2. The van der Waals surface area contributed by atoms with Gasteiger partial charge in [0.25, 0.3) is 0 Å². The molecule has 3 aliphatic rings. The minimum atomic E-state index is -4.88. The molecule has 1 saturated carbocycles. The molecule has 1 aromatic carbocycles. The standard InChI is InChI=1S/C22H28F3N3O3/c1-31-19(29)12-21(13-26-14-21)27-9-7-16(8-10-27)28(20(30)22(23,24)25)18-11-17(18)15-5-3-2-4-6-15/h2-6,16-18,26H,7-14H2,1H3/t17-,18+/m0/s1. The van der Waals surface area contributed by atoms with E-state index in [4.69, 9.17) is 4.74 Å². The molecule has 0 bridgehead atoms. The van der Waals surface area contributed by atoms with Crippen molar-refractivity contribution >= 4 is 11.9 Å². The number of amides is 1. The fourth-order valence-corrected chi connectivity index (χ4v) is 5.11. The fraction of sp³-hybridized carbons (Fsp3) is 0.636. The van der Waals surface area contributed by atoms with E-state index in [2.05, 4.69) is 10.2 Å². The number of esters is 1. The zero-order valence-corrected chi connectivity index (χ0v) is 17.5. The predicted octanol–water partition coefficient (Wildman–Crippen LogP) is 2.30.